The Morgan fingerprint density at radius 2 is 1.55 bits per heavy atom. The molecule has 0 aliphatic heterocycles. The Balaban J connectivity index is 2.38. The van der Waals surface area contributed by atoms with Crippen molar-refractivity contribution in [2.75, 3.05) is 0 Å². The SMILES string of the molecule is Cc1ccc(C(N)c2cccc(C(F)(F)F)c2)cc1C. The highest BCUT2D eigenvalue weighted by Crippen LogP contribution is 2.31. The highest BCUT2D eigenvalue weighted by atomic mass is 19.4. The zero-order valence-electron chi connectivity index (χ0n) is 11.3. The van der Waals surface area contributed by atoms with Crippen LogP contribution in [0.5, 0.6) is 0 Å². The zero-order chi connectivity index (χ0) is 14.9. The van der Waals surface area contributed by atoms with E-state index in [9.17, 15) is 13.2 Å². The second-order valence-electron chi connectivity index (χ2n) is 4.94. The summed E-state index contributed by atoms with van der Waals surface area (Å²) in [4.78, 5) is 0. The molecule has 106 valence electrons. The molecule has 0 saturated heterocycles. The first-order valence-electron chi connectivity index (χ1n) is 6.29. The summed E-state index contributed by atoms with van der Waals surface area (Å²) in [6, 6.07) is 10.3. The average molecular weight is 279 g/mol. The van der Waals surface area contributed by atoms with Crippen LogP contribution in [0.25, 0.3) is 0 Å². The topological polar surface area (TPSA) is 26.0 Å². The molecular formula is C16H16F3N. The van der Waals surface area contributed by atoms with Crippen LogP contribution in [0.1, 0.15) is 33.9 Å². The van der Waals surface area contributed by atoms with Gasteiger partial charge in [0.05, 0.1) is 11.6 Å². The minimum absolute atomic E-state index is 0.461. The van der Waals surface area contributed by atoms with Gasteiger partial charge in [-0.1, -0.05) is 30.3 Å². The summed E-state index contributed by atoms with van der Waals surface area (Å²) in [6.07, 6.45) is -4.35. The van der Waals surface area contributed by atoms with Crippen LogP contribution in [-0.4, -0.2) is 0 Å². The zero-order valence-corrected chi connectivity index (χ0v) is 11.3. The van der Waals surface area contributed by atoms with Crippen molar-refractivity contribution in [1.29, 1.82) is 0 Å². The third-order valence-electron chi connectivity index (χ3n) is 3.46. The fraction of sp³-hybridized carbons (Fsp3) is 0.250. The Hall–Kier alpha value is -1.81. The molecule has 0 aromatic heterocycles. The van der Waals surface area contributed by atoms with E-state index in [-0.39, 0.29) is 0 Å². The molecule has 0 heterocycles. The van der Waals surface area contributed by atoms with Crippen LogP contribution < -0.4 is 5.73 Å². The van der Waals surface area contributed by atoms with Crippen molar-refractivity contribution in [1.82, 2.24) is 0 Å². The molecule has 1 unspecified atom stereocenters. The Labute approximate surface area is 116 Å². The highest BCUT2D eigenvalue weighted by Gasteiger charge is 2.30. The van der Waals surface area contributed by atoms with Gasteiger partial charge in [0.1, 0.15) is 0 Å². The van der Waals surface area contributed by atoms with E-state index in [0.29, 0.717) is 5.56 Å². The summed E-state index contributed by atoms with van der Waals surface area (Å²) in [5.41, 5.74) is 8.89. The number of alkyl halides is 3. The maximum Gasteiger partial charge on any atom is 0.416 e. The monoisotopic (exact) mass is 279 g/mol. The fourth-order valence-corrected chi connectivity index (χ4v) is 2.06. The van der Waals surface area contributed by atoms with Crippen molar-refractivity contribution >= 4 is 0 Å². The quantitative estimate of drug-likeness (QED) is 0.868. The van der Waals surface area contributed by atoms with Gasteiger partial charge < -0.3 is 5.73 Å². The molecular weight excluding hydrogens is 263 g/mol. The molecule has 1 nitrogen and oxygen atoms in total. The lowest BCUT2D eigenvalue weighted by Gasteiger charge is -2.16. The molecule has 1 atom stereocenters. The Bertz CT molecular complexity index is 617. The number of hydrogen-bond acceptors (Lipinski definition) is 1. The highest BCUT2D eigenvalue weighted by molar-refractivity contribution is 5.38. The third-order valence-corrected chi connectivity index (χ3v) is 3.46. The lowest BCUT2D eigenvalue weighted by molar-refractivity contribution is -0.137. The van der Waals surface area contributed by atoms with Gasteiger partial charge in [0.2, 0.25) is 0 Å². The van der Waals surface area contributed by atoms with E-state index in [1.54, 1.807) is 6.07 Å². The fourth-order valence-electron chi connectivity index (χ4n) is 2.06. The van der Waals surface area contributed by atoms with Gasteiger partial charge in [0.15, 0.2) is 0 Å². The number of halogens is 3. The van der Waals surface area contributed by atoms with Gasteiger partial charge >= 0.3 is 6.18 Å². The van der Waals surface area contributed by atoms with E-state index in [4.69, 9.17) is 5.73 Å². The Morgan fingerprint density at radius 3 is 2.15 bits per heavy atom. The molecule has 2 aromatic carbocycles. The van der Waals surface area contributed by atoms with Crippen LogP contribution in [-0.2, 0) is 6.18 Å². The molecule has 0 amide bonds. The van der Waals surface area contributed by atoms with Gasteiger partial charge in [-0.15, -0.1) is 0 Å². The van der Waals surface area contributed by atoms with Crippen LogP contribution in [0.2, 0.25) is 0 Å². The molecule has 0 bridgehead atoms. The van der Waals surface area contributed by atoms with Gasteiger partial charge in [-0.3, -0.25) is 0 Å². The Morgan fingerprint density at radius 1 is 0.900 bits per heavy atom. The summed E-state index contributed by atoms with van der Waals surface area (Å²) in [5.74, 6) is 0. The molecule has 0 saturated carbocycles. The van der Waals surface area contributed by atoms with Crippen LogP contribution in [0.3, 0.4) is 0 Å². The van der Waals surface area contributed by atoms with Gasteiger partial charge in [-0.25, -0.2) is 0 Å². The van der Waals surface area contributed by atoms with Crippen molar-refractivity contribution < 1.29 is 13.2 Å². The van der Waals surface area contributed by atoms with Gasteiger partial charge in [0, 0.05) is 0 Å². The van der Waals surface area contributed by atoms with Crippen LogP contribution in [0.15, 0.2) is 42.5 Å². The van der Waals surface area contributed by atoms with Crippen molar-refractivity contribution in [2.24, 2.45) is 5.73 Å². The molecule has 0 spiro atoms. The average Bonchev–Trinajstić information content (AvgIpc) is 2.40. The second-order valence-corrected chi connectivity index (χ2v) is 4.94. The lowest BCUT2D eigenvalue weighted by atomic mass is 9.95. The summed E-state index contributed by atoms with van der Waals surface area (Å²) in [7, 11) is 0. The van der Waals surface area contributed by atoms with Gasteiger partial charge in [-0.05, 0) is 48.2 Å². The largest absolute Gasteiger partial charge is 0.416 e. The molecule has 0 fully saturated rings. The maximum absolute atomic E-state index is 12.7. The predicted octanol–water partition coefficient (Wildman–Crippen LogP) is 4.37. The number of benzene rings is 2. The second kappa shape index (κ2) is 5.29. The smallest absolute Gasteiger partial charge is 0.320 e. The first-order valence-corrected chi connectivity index (χ1v) is 6.29. The summed E-state index contributed by atoms with van der Waals surface area (Å²) >= 11 is 0. The molecule has 0 radical (unpaired) electrons. The van der Waals surface area contributed by atoms with E-state index < -0.39 is 17.8 Å². The molecule has 20 heavy (non-hydrogen) atoms. The molecule has 4 heteroatoms. The van der Waals surface area contributed by atoms with Crippen LogP contribution >= 0.6 is 0 Å². The third kappa shape index (κ3) is 3.02. The van der Waals surface area contributed by atoms with E-state index in [2.05, 4.69) is 0 Å². The minimum atomic E-state index is -4.35. The summed E-state index contributed by atoms with van der Waals surface area (Å²) in [6.45, 7) is 3.94. The van der Waals surface area contributed by atoms with Gasteiger partial charge in [-0.2, -0.15) is 13.2 Å². The van der Waals surface area contributed by atoms with E-state index in [1.807, 2.05) is 32.0 Å². The van der Waals surface area contributed by atoms with E-state index in [0.717, 1.165) is 28.8 Å². The van der Waals surface area contributed by atoms with Crippen molar-refractivity contribution in [2.45, 2.75) is 26.1 Å². The number of aryl methyl sites for hydroxylation is 2. The number of nitrogens with two attached hydrogens (primary N) is 1. The number of rotatable bonds is 2. The first-order chi connectivity index (χ1) is 9.29. The summed E-state index contributed by atoms with van der Waals surface area (Å²) < 4.78 is 38.1. The molecule has 0 aliphatic carbocycles. The van der Waals surface area contributed by atoms with Crippen LogP contribution in [0, 0.1) is 13.8 Å². The molecule has 2 aromatic rings. The molecule has 0 aliphatic rings. The molecule has 2 N–H and O–H groups in total. The first kappa shape index (κ1) is 14.6. The maximum atomic E-state index is 12.7. The van der Waals surface area contributed by atoms with Crippen molar-refractivity contribution in [3.63, 3.8) is 0 Å². The van der Waals surface area contributed by atoms with E-state index >= 15 is 0 Å². The standard InChI is InChI=1S/C16H16F3N/c1-10-6-7-13(8-11(10)2)15(20)12-4-3-5-14(9-12)16(17,18)19/h3-9,15H,20H2,1-2H3. The normalized spacial score (nSPS) is 13.3. The minimum Gasteiger partial charge on any atom is -0.320 e. The predicted molar refractivity (Wildman–Crippen MR) is 73.4 cm³/mol. The number of hydrogen-bond donors (Lipinski definition) is 1. The van der Waals surface area contributed by atoms with E-state index in [1.165, 1.54) is 6.07 Å². The van der Waals surface area contributed by atoms with Crippen LogP contribution in [0.4, 0.5) is 13.2 Å². The summed E-state index contributed by atoms with van der Waals surface area (Å²) in [5, 5.41) is 0. The van der Waals surface area contributed by atoms with Crippen molar-refractivity contribution in [3.05, 3.63) is 70.3 Å². The van der Waals surface area contributed by atoms with Crippen molar-refractivity contribution in [3.8, 4) is 0 Å². The van der Waals surface area contributed by atoms with Gasteiger partial charge in [0.25, 0.3) is 0 Å². The lowest BCUT2D eigenvalue weighted by Crippen LogP contribution is -2.14. The Kier molecular flexibility index (Phi) is 3.86. The molecule has 2 rings (SSSR count).